The number of rotatable bonds is 6. The van der Waals surface area contributed by atoms with Crippen LogP contribution in [0.25, 0.3) is 0 Å². The molecule has 1 aromatic carbocycles. The van der Waals surface area contributed by atoms with Gasteiger partial charge in [-0.1, -0.05) is 43.6 Å². The average molecular weight is 323 g/mol. The van der Waals surface area contributed by atoms with E-state index in [0.717, 1.165) is 23.0 Å². The molecule has 0 aliphatic rings. The molecule has 0 bridgehead atoms. The zero-order valence-electron chi connectivity index (χ0n) is 12.2. The fourth-order valence-electron chi connectivity index (χ4n) is 2.31. The highest BCUT2D eigenvalue weighted by molar-refractivity contribution is 9.10. The van der Waals surface area contributed by atoms with Crippen molar-refractivity contribution >= 4 is 21.6 Å². The first kappa shape index (κ1) is 16.0. The van der Waals surface area contributed by atoms with E-state index in [2.05, 4.69) is 55.0 Å². The Morgan fingerprint density at radius 2 is 1.74 bits per heavy atom. The molecule has 0 fully saturated rings. The third kappa shape index (κ3) is 5.65. The first-order valence-electron chi connectivity index (χ1n) is 6.88. The first-order chi connectivity index (χ1) is 8.92. The fraction of sp³-hybridized carbons (Fsp3) is 0.562. The molecule has 0 radical (unpaired) electrons. The van der Waals surface area contributed by atoms with Crippen molar-refractivity contribution in [2.45, 2.75) is 46.6 Å². The molecular formula is C16H23BrN2. The van der Waals surface area contributed by atoms with Gasteiger partial charge in [0.15, 0.2) is 0 Å². The Kier molecular flexibility index (Phi) is 6.37. The van der Waals surface area contributed by atoms with Crippen LogP contribution in [0.1, 0.15) is 46.1 Å². The maximum absolute atomic E-state index is 9.21. The van der Waals surface area contributed by atoms with Gasteiger partial charge in [-0.25, -0.2) is 0 Å². The van der Waals surface area contributed by atoms with Crippen molar-refractivity contribution in [2.24, 2.45) is 11.8 Å². The molecule has 0 aliphatic heterocycles. The van der Waals surface area contributed by atoms with Gasteiger partial charge in [0.25, 0.3) is 0 Å². The van der Waals surface area contributed by atoms with Crippen LogP contribution in [0.15, 0.2) is 22.7 Å². The van der Waals surface area contributed by atoms with E-state index in [1.165, 1.54) is 0 Å². The van der Waals surface area contributed by atoms with Crippen LogP contribution in [-0.2, 0) is 0 Å². The Labute approximate surface area is 125 Å². The van der Waals surface area contributed by atoms with Crippen LogP contribution < -0.4 is 5.32 Å². The topological polar surface area (TPSA) is 35.8 Å². The molecular weight excluding hydrogens is 300 g/mol. The standard InChI is InChI=1S/C16H23BrN2/c1-11(2)7-15(8-12(3)4)19-16-6-5-14(17)9-13(16)10-18/h5-6,9,11-12,15,19H,7-8H2,1-4H3. The maximum atomic E-state index is 9.21. The van der Waals surface area contributed by atoms with Gasteiger partial charge in [0, 0.05) is 10.5 Å². The molecule has 104 valence electrons. The molecule has 2 nitrogen and oxygen atoms in total. The Morgan fingerprint density at radius 3 is 2.21 bits per heavy atom. The fourth-order valence-corrected chi connectivity index (χ4v) is 2.67. The molecule has 1 N–H and O–H groups in total. The number of benzene rings is 1. The zero-order valence-corrected chi connectivity index (χ0v) is 13.8. The predicted octanol–water partition coefficient (Wildman–Crippen LogP) is 5.19. The molecule has 0 unspecified atom stereocenters. The summed E-state index contributed by atoms with van der Waals surface area (Å²) in [6, 6.07) is 8.51. The van der Waals surface area contributed by atoms with Gasteiger partial charge in [0.2, 0.25) is 0 Å². The second-order valence-electron chi connectivity index (χ2n) is 5.90. The van der Waals surface area contributed by atoms with E-state index in [0.29, 0.717) is 23.4 Å². The van der Waals surface area contributed by atoms with Crippen LogP contribution in [0.5, 0.6) is 0 Å². The Balaban J connectivity index is 2.86. The lowest BCUT2D eigenvalue weighted by molar-refractivity contribution is 0.442. The number of anilines is 1. The Hall–Kier alpha value is -1.01. The van der Waals surface area contributed by atoms with E-state index in [9.17, 15) is 5.26 Å². The molecule has 0 saturated heterocycles. The van der Waals surface area contributed by atoms with Crippen molar-refractivity contribution in [1.82, 2.24) is 0 Å². The smallest absolute Gasteiger partial charge is 0.101 e. The van der Waals surface area contributed by atoms with Gasteiger partial charge in [-0.05, 0) is 42.9 Å². The second kappa shape index (κ2) is 7.55. The number of nitrogens with one attached hydrogen (secondary N) is 1. The van der Waals surface area contributed by atoms with Crippen LogP contribution in [0.3, 0.4) is 0 Å². The monoisotopic (exact) mass is 322 g/mol. The van der Waals surface area contributed by atoms with Crippen LogP contribution >= 0.6 is 15.9 Å². The lowest BCUT2D eigenvalue weighted by atomic mass is 9.95. The molecule has 0 aromatic heterocycles. The molecule has 0 spiro atoms. The minimum Gasteiger partial charge on any atom is -0.381 e. The van der Waals surface area contributed by atoms with E-state index in [1.807, 2.05) is 18.2 Å². The van der Waals surface area contributed by atoms with Crippen LogP contribution in [0, 0.1) is 23.2 Å². The average Bonchev–Trinajstić information content (AvgIpc) is 2.29. The van der Waals surface area contributed by atoms with Crippen LogP contribution in [-0.4, -0.2) is 6.04 Å². The number of hydrogen-bond donors (Lipinski definition) is 1. The lowest BCUT2D eigenvalue weighted by Crippen LogP contribution is -2.24. The Bertz CT molecular complexity index is 437. The van der Waals surface area contributed by atoms with E-state index in [4.69, 9.17) is 0 Å². The van der Waals surface area contributed by atoms with Gasteiger partial charge in [0.1, 0.15) is 6.07 Å². The first-order valence-corrected chi connectivity index (χ1v) is 7.67. The number of nitriles is 1. The van der Waals surface area contributed by atoms with Crippen LogP contribution in [0.4, 0.5) is 5.69 Å². The summed E-state index contributed by atoms with van der Waals surface area (Å²) in [5, 5.41) is 12.8. The normalized spacial score (nSPS) is 11.1. The van der Waals surface area contributed by atoms with Gasteiger partial charge in [-0.15, -0.1) is 0 Å². The molecule has 0 heterocycles. The summed E-state index contributed by atoms with van der Waals surface area (Å²) in [5.74, 6) is 1.30. The summed E-state index contributed by atoms with van der Waals surface area (Å²) in [4.78, 5) is 0. The SMILES string of the molecule is CC(C)CC(CC(C)C)Nc1ccc(Br)cc1C#N. The molecule has 0 amide bonds. The van der Waals surface area contributed by atoms with Crippen molar-refractivity contribution in [3.63, 3.8) is 0 Å². The van der Waals surface area contributed by atoms with Crippen molar-refractivity contribution in [1.29, 1.82) is 5.26 Å². The minimum atomic E-state index is 0.424. The zero-order chi connectivity index (χ0) is 14.4. The summed E-state index contributed by atoms with van der Waals surface area (Å²) < 4.78 is 0.943. The van der Waals surface area contributed by atoms with Crippen molar-refractivity contribution in [3.8, 4) is 6.07 Å². The van der Waals surface area contributed by atoms with Gasteiger partial charge < -0.3 is 5.32 Å². The number of hydrogen-bond acceptors (Lipinski definition) is 2. The van der Waals surface area contributed by atoms with Crippen molar-refractivity contribution in [2.75, 3.05) is 5.32 Å². The van der Waals surface area contributed by atoms with Crippen molar-refractivity contribution < 1.29 is 0 Å². The summed E-state index contributed by atoms with van der Waals surface area (Å²) in [6.45, 7) is 8.95. The summed E-state index contributed by atoms with van der Waals surface area (Å²) in [6.07, 6.45) is 2.25. The summed E-state index contributed by atoms with van der Waals surface area (Å²) >= 11 is 3.41. The quantitative estimate of drug-likeness (QED) is 0.781. The van der Waals surface area contributed by atoms with Crippen LogP contribution in [0.2, 0.25) is 0 Å². The molecule has 3 heteroatoms. The molecule has 1 rings (SSSR count). The van der Waals surface area contributed by atoms with Crippen molar-refractivity contribution in [3.05, 3.63) is 28.2 Å². The number of nitrogens with zero attached hydrogens (tertiary/aromatic N) is 1. The third-order valence-electron chi connectivity index (χ3n) is 2.97. The molecule has 19 heavy (non-hydrogen) atoms. The van der Waals surface area contributed by atoms with Gasteiger partial charge in [0.05, 0.1) is 11.3 Å². The summed E-state index contributed by atoms with van der Waals surface area (Å²) in [7, 11) is 0. The molecule has 0 saturated carbocycles. The molecule has 1 aromatic rings. The largest absolute Gasteiger partial charge is 0.381 e. The van der Waals surface area contributed by atoms with Gasteiger partial charge in [-0.3, -0.25) is 0 Å². The highest BCUT2D eigenvalue weighted by Crippen LogP contribution is 2.24. The third-order valence-corrected chi connectivity index (χ3v) is 3.47. The van der Waals surface area contributed by atoms with Gasteiger partial charge >= 0.3 is 0 Å². The van der Waals surface area contributed by atoms with E-state index < -0.39 is 0 Å². The molecule has 0 aliphatic carbocycles. The lowest BCUT2D eigenvalue weighted by Gasteiger charge is -2.24. The van der Waals surface area contributed by atoms with E-state index >= 15 is 0 Å². The second-order valence-corrected chi connectivity index (χ2v) is 6.82. The number of halogens is 1. The van der Waals surface area contributed by atoms with Gasteiger partial charge in [-0.2, -0.15) is 5.26 Å². The van der Waals surface area contributed by atoms with E-state index in [1.54, 1.807) is 0 Å². The van der Waals surface area contributed by atoms with E-state index in [-0.39, 0.29) is 0 Å². The summed E-state index contributed by atoms with van der Waals surface area (Å²) in [5.41, 5.74) is 1.64. The highest BCUT2D eigenvalue weighted by atomic mass is 79.9. The maximum Gasteiger partial charge on any atom is 0.101 e. The molecule has 0 atom stereocenters. The Morgan fingerprint density at radius 1 is 1.16 bits per heavy atom. The highest BCUT2D eigenvalue weighted by Gasteiger charge is 2.14. The predicted molar refractivity (Wildman–Crippen MR) is 85.2 cm³/mol. The minimum absolute atomic E-state index is 0.424.